The number of nitrogens with zero attached hydrogens (tertiary/aromatic N) is 2. The Morgan fingerprint density at radius 3 is 2.61 bits per heavy atom. The standard InChI is InChI=1S/C19H18ClN3O5/c1-11(28-16-9-8-12(23(26)27)10-13(16)20)17(24)22-15-7-5-4-6-14(15)21-18(25)19(22,2)3/h4-11H,1-3H3,(H,21,25). The van der Waals surface area contributed by atoms with E-state index in [2.05, 4.69) is 5.32 Å². The van der Waals surface area contributed by atoms with Crippen LogP contribution in [0.4, 0.5) is 17.1 Å². The van der Waals surface area contributed by atoms with Gasteiger partial charge < -0.3 is 10.1 Å². The number of nitro groups is 1. The molecule has 0 saturated heterocycles. The van der Waals surface area contributed by atoms with Crippen LogP contribution >= 0.6 is 11.6 Å². The van der Waals surface area contributed by atoms with Gasteiger partial charge in [0.15, 0.2) is 6.10 Å². The first-order valence-electron chi connectivity index (χ1n) is 8.48. The van der Waals surface area contributed by atoms with E-state index in [1.54, 1.807) is 38.1 Å². The normalized spacial score (nSPS) is 16.0. The van der Waals surface area contributed by atoms with Gasteiger partial charge in [-0.2, -0.15) is 0 Å². The molecule has 0 aromatic heterocycles. The van der Waals surface area contributed by atoms with Crippen LogP contribution in [0.5, 0.6) is 5.75 Å². The van der Waals surface area contributed by atoms with Crippen molar-refractivity contribution in [1.82, 2.24) is 0 Å². The fourth-order valence-electron chi connectivity index (χ4n) is 2.97. The summed E-state index contributed by atoms with van der Waals surface area (Å²) in [6, 6.07) is 10.7. The largest absolute Gasteiger partial charge is 0.479 e. The third-order valence-electron chi connectivity index (χ3n) is 4.51. The molecule has 2 aromatic carbocycles. The second-order valence-electron chi connectivity index (χ2n) is 6.84. The summed E-state index contributed by atoms with van der Waals surface area (Å²) in [6.07, 6.45) is -0.989. The lowest BCUT2D eigenvalue weighted by Gasteiger charge is -2.42. The van der Waals surface area contributed by atoms with Crippen molar-refractivity contribution in [2.24, 2.45) is 0 Å². The summed E-state index contributed by atoms with van der Waals surface area (Å²) in [7, 11) is 0. The van der Waals surface area contributed by atoms with Gasteiger partial charge in [-0.25, -0.2) is 0 Å². The quantitative estimate of drug-likeness (QED) is 0.618. The number of anilines is 2. The number of carbonyl (C=O) groups is 2. The van der Waals surface area contributed by atoms with Crippen LogP contribution in [0.3, 0.4) is 0 Å². The number of fused-ring (bicyclic) bond motifs is 1. The van der Waals surface area contributed by atoms with E-state index >= 15 is 0 Å². The van der Waals surface area contributed by atoms with Gasteiger partial charge in [-0.1, -0.05) is 23.7 Å². The van der Waals surface area contributed by atoms with Crippen LogP contribution < -0.4 is 15.0 Å². The number of amides is 2. The number of hydrogen-bond donors (Lipinski definition) is 1. The van der Waals surface area contributed by atoms with Gasteiger partial charge in [0, 0.05) is 12.1 Å². The number of nitro benzene ring substituents is 1. The lowest BCUT2D eigenvalue weighted by molar-refractivity contribution is -0.384. The van der Waals surface area contributed by atoms with E-state index in [0.29, 0.717) is 11.4 Å². The Hall–Kier alpha value is -3.13. The number of nitrogens with one attached hydrogen (secondary N) is 1. The number of hydrogen-bond acceptors (Lipinski definition) is 5. The summed E-state index contributed by atoms with van der Waals surface area (Å²) in [5, 5.41) is 13.6. The van der Waals surface area contributed by atoms with Crippen LogP contribution in [0, 0.1) is 10.1 Å². The van der Waals surface area contributed by atoms with E-state index in [9.17, 15) is 19.7 Å². The number of halogens is 1. The molecule has 1 unspecified atom stereocenters. The Morgan fingerprint density at radius 2 is 1.96 bits per heavy atom. The maximum Gasteiger partial charge on any atom is 0.271 e. The lowest BCUT2D eigenvalue weighted by atomic mass is 9.95. The smallest absolute Gasteiger partial charge is 0.271 e. The van der Waals surface area contributed by atoms with E-state index in [4.69, 9.17) is 16.3 Å². The van der Waals surface area contributed by atoms with Crippen molar-refractivity contribution in [3.63, 3.8) is 0 Å². The van der Waals surface area contributed by atoms with Gasteiger partial charge in [0.2, 0.25) is 5.91 Å². The molecule has 0 spiro atoms. The molecule has 1 aliphatic heterocycles. The SMILES string of the molecule is CC(Oc1ccc([N+](=O)[O-])cc1Cl)C(=O)N1c2ccccc2NC(=O)C1(C)C. The van der Waals surface area contributed by atoms with Gasteiger partial charge in [0.25, 0.3) is 11.6 Å². The third kappa shape index (κ3) is 3.38. The molecular weight excluding hydrogens is 386 g/mol. The van der Waals surface area contributed by atoms with Gasteiger partial charge in [-0.05, 0) is 39.0 Å². The molecular formula is C19H18ClN3O5. The number of ether oxygens (including phenoxy) is 1. The number of non-ortho nitro benzene ring substituents is 1. The van der Waals surface area contributed by atoms with Crippen LogP contribution in [0.25, 0.3) is 0 Å². The van der Waals surface area contributed by atoms with E-state index in [1.165, 1.54) is 24.0 Å². The van der Waals surface area contributed by atoms with Gasteiger partial charge in [-0.3, -0.25) is 24.6 Å². The summed E-state index contributed by atoms with van der Waals surface area (Å²) in [6.45, 7) is 4.81. The minimum atomic E-state index is -1.14. The molecule has 9 heteroatoms. The first-order chi connectivity index (χ1) is 13.1. The van der Waals surface area contributed by atoms with Crippen LogP contribution in [-0.4, -0.2) is 28.4 Å². The molecule has 8 nitrogen and oxygen atoms in total. The van der Waals surface area contributed by atoms with Gasteiger partial charge in [0.05, 0.1) is 21.3 Å². The van der Waals surface area contributed by atoms with Crippen molar-refractivity contribution in [2.75, 3.05) is 10.2 Å². The molecule has 0 aliphatic carbocycles. The van der Waals surface area contributed by atoms with Crippen molar-refractivity contribution in [3.05, 3.63) is 57.6 Å². The molecule has 3 rings (SSSR count). The van der Waals surface area contributed by atoms with Crippen LogP contribution in [0.15, 0.2) is 42.5 Å². The Balaban J connectivity index is 1.90. The maximum atomic E-state index is 13.2. The summed E-state index contributed by atoms with van der Waals surface area (Å²) in [5.41, 5.74) is -0.232. The highest BCUT2D eigenvalue weighted by atomic mass is 35.5. The van der Waals surface area contributed by atoms with Gasteiger partial charge in [-0.15, -0.1) is 0 Å². The molecule has 1 atom stereocenters. The zero-order valence-corrected chi connectivity index (χ0v) is 16.2. The summed E-state index contributed by atoms with van der Waals surface area (Å²) >= 11 is 6.05. The average Bonchev–Trinajstić information content (AvgIpc) is 2.63. The van der Waals surface area contributed by atoms with Gasteiger partial charge >= 0.3 is 0 Å². The Bertz CT molecular complexity index is 976. The van der Waals surface area contributed by atoms with Crippen molar-refractivity contribution in [1.29, 1.82) is 0 Å². The molecule has 0 fully saturated rings. The van der Waals surface area contributed by atoms with Crippen molar-refractivity contribution < 1.29 is 19.2 Å². The second kappa shape index (κ2) is 7.12. The lowest BCUT2D eigenvalue weighted by Crippen LogP contribution is -2.60. The highest BCUT2D eigenvalue weighted by Crippen LogP contribution is 2.37. The minimum Gasteiger partial charge on any atom is -0.479 e. The molecule has 28 heavy (non-hydrogen) atoms. The van der Waals surface area contributed by atoms with E-state index in [0.717, 1.165) is 6.07 Å². The second-order valence-corrected chi connectivity index (χ2v) is 7.24. The fourth-order valence-corrected chi connectivity index (χ4v) is 3.19. The summed E-state index contributed by atoms with van der Waals surface area (Å²) in [4.78, 5) is 37.3. The highest BCUT2D eigenvalue weighted by Gasteiger charge is 2.45. The molecule has 1 N–H and O–H groups in total. The summed E-state index contributed by atoms with van der Waals surface area (Å²) < 4.78 is 5.66. The van der Waals surface area contributed by atoms with Crippen molar-refractivity contribution in [2.45, 2.75) is 32.4 Å². The zero-order chi connectivity index (χ0) is 20.6. The number of rotatable bonds is 4. The monoisotopic (exact) mass is 403 g/mol. The maximum absolute atomic E-state index is 13.2. The zero-order valence-electron chi connectivity index (χ0n) is 15.4. The van der Waals surface area contributed by atoms with Gasteiger partial charge in [0.1, 0.15) is 11.3 Å². The van der Waals surface area contributed by atoms with E-state index < -0.39 is 22.5 Å². The Labute approximate surface area is 166 Å². The molecule has 1 aliphatic rings. The van der Waals surface area contributed by atoms with E-state index in [1.807, 2.05) is 0 Å². The molecule has 0 radical (unpaired) electrons. The minimum absolute atomic E-state index is 0.0184. The fraction of sp³-hybridized carbons (Fsp3) is 0.263. The van der Waals surface area contributed by atoms with Crippen molar-refractivity contribution >= 4 is 40.5 Å². The predicted octanol–water partition coefficient (Wildman–Crippen LogP) is 3.78. The number of para-hydroxylation sites is 2. The molecule has 2 amide bonds. The third-order valence-corrected chi connectivity index (χ3v) is 4.80. The van der Waals surface area contributed by atoms with Crippen LogP contribution in [-0.2, 0) is 9.59 Å². The molecule has 2 aromatic rings. The Kier molecular flexibility index (Phi) is 4.99. The topological polar surface area (TPSA) is 102 Å². The molecule has 0 saturated carbocycles. The van der Waals surface area contributed by atoms with Crippen molar-refractivity contribution in [3.8, 4) is 5.75 Å². The average molecular weight is 404 g/mol. The first-order valence-corrected chi connectivity index (χ1v) is 8.86. The Morgan fingerprint density at radius 1 is 1.29 bits per heavy atom. The first kappa shape index (κ1) is 19.6. The van der Waals surface area contributed by atoms with Crippen LogP contribution in [0.1, 0.15) is 20.8 Å². The molecule has 146 valence electrons. The summed E-state index contributed by atoms with van der Waals surface area (Å²) in [5.74, 6) is -0.623. The van der Waals surface area contributed by atoms with Crippen LogP contribution in [0.2, 0.25) is 5.02 Å². The molecule has 1 heterocycles. The molecule has 0 bridgehead atoms. The van der Waals surface area contributed by atoms with E-state index in [-0.39, 0.29) is 22.4 Å². The predicted molar refractivity (Wildman–Crippen MR) is 105 cm³/mol. The number of benzene rings is 2. The number of carbonyl (C=O) groups excluding carboxylic acids is 2. The highest BCUT2D eigenvalue weighted by molar-refractivity contribution is 6.32.